The second-order valence-electron chi connectivity index (χ2n) is 3.45. The molecular weight excluding hydrogens is 148 g/mol. The summed E-state index contributed by atoms with van der Waals surface area (Å²) in [4.78, 5) is 0. The van der Waals surface area contributed by atoms with E-state index in [0.29, 0.717) is 0 Å². The van der Waals surface area contributed by atoms with Crippen molar-refractivity contribution in [2.24, 2.45) is 5.73 Å². The number of hydrogen-bond donors (Lipinski definition) is 1. The summed E-state index contributed by atoms with van der Waals surface area (Å²) in [6.45, 7) is 7.33. The lowest BCUT2D eigenvalue weighted by Gasteiger charge is -2.24. The second kappa shape index (κ2) is 3.31. The van der Waals surface area contributed by atoms with E-state index in [4.69, 9.17) is 5.73 Å². The van der Waals surface area contributed by atoms with Crippen molar-refractivity contribution in [3.05, 3.63) is 24.0 Å². The number of nitrogens with zero attached hydrogens (tertiary/aromatic N) is 1. The minimum Gasteiger partial charge on any atom is -0.350 e. The molecule has 1 atom stereocenters. The Morgan fingerprint density at radius 3 is 2.67 bits per heavy atom. The molecule has 1 aromatic heterocycles. The standard InChI is InChI=1S/C10H18N2/c1-4-10(3,11)9-7-6-8-12(9)5-2/h6-8H,4-5,11H2,1-3H3. The number of nitrogens with two attached hydrogens (primary N) is 1. The van der Waals surface area contributed by atoms with Crippen LogP contribution in [-0.2, 0) is 12.1 Å². The van der Waals surface area contributed by atoms with Crippen LogP contribution in [0.1, 0.15) is 32.9 Å². The summed E-state index contributed by atoms with van der Waals surface area (Å²) in [7, 11) is 0. The average molecular weight is 166 g/mol. The minimum absolute atomic E-state index is 0.181. The first-order valence-corrected chi connectivity index (χ1v) is 4.56. The molecule has 0 saturated carbocycles. The van der Waals surface area contributed by atoms with Gasteiger partial charge in [0, 0.05) is 18.4 Å². The molecule has 0 radical (unpaired) electrons. The molecule has 0 aliphatic heterocycles. The largest absolute Gasteiger partial charge is 0.350 e. The summed E-state index contributed by atoms with van der Waals surface area (Å²) in [5, 5.41) is 0. The zero-order valence-electron chi connectivity index (χ0n) is 8.17. The van der Waals surface area contributed by atoms with Crippen molar-refractivity contribution in [2.75, 3.05) is 0 Å². The lowest BCUT2D eigenvalue weighted by atomic mass is 9.96. The first kappa shape index (κ1) is 9.33. The zero-order valence-corrected chi connectivity index (χ0v) is 8.17. The molecule has 1 heterocycles. The van der Waals surface area contributed by atoms with Crippen molar-refractivity contribution in [3.63, 3.8) is 0 Å². The van der Waals surface area contributed by atoms with Gasteiger partial charge in [-0.25, -0.2) is 0 Å². The lowest BCUT2D eigenvalue weighted by molar-refractivity contribution is 0.438. The monoisotopic (exact) mass is 166 g/mol. The highest BCUT2D eigenvalue weighted by Gasteiger charge is 2.21. The van der Waals surface area contributed by atoms with E-state index in [1.165, 1.54) is 5.69 Å². The van der Waals surface area contributed by atoms with Gasteiger partial charge in [-0.2, -0.15) is 0 Å². The van der Waals surface area contributed by atoms with Gasteiger partial charge in [-0.3, -0.25) is 0 Å². The molecule has 2 N–H and O–H groups in total. The van der Waals surface area contributed by atoms with Gasteiger partial charge in [0.15, 0.2) is 0 Å². The van der Waals surface area contributed by atoms with Crippen LogP contribution < -0.4 is 5.73 Å². The molecule has 0 bridgehead atoms. The third-order valence-electron chi connectivity index (χ3n) is 2.49. The Balaban J connectivity index is 3.00. The predicted molar refractivity (Wildman–Crippen MR) is 51.9 cm³/mol. The van der Waals surface area contributed by atoms with E-state index in [2.05, 4.69) is 43.7 Å². The molecule has 2 nitrogen and oxygen atoms in total. The summed E-state index contributed by atoms with van der Waals surface area (Å²) in [5.74, 6) is 0. The molecule has 1 aromatic rings. The van der Waals surface area contributed by atoms with Gasteiger partial charge in [0.25, 0.3) is 0 Å². The zero-order chi connectivity index (χ0) is 9.19. The van der Waals surface area contributed by atoms with E-state index >= 15 is 0 Å². The predicted octanol–water partition coefficient (Wildman–Crippen LogP) is 2.09. The van der Waals surface area contributed by atoms with Crippen LogP contribution >= 0.6 is 0 Å². The quantitative estimate of drug-likeness (QED) is 0.732. The summed E-state index contributed by atoms with van der Waals surface area (Å²) in [6.07, 6.45) is 3.05. The van der Waals surface area contributed by atoms with Gasteiger partial charge in [-0.15, -0.1) is 0 Å². The van der Waals surface area contributed by atoms with Crippen molar-refractivity contribution < 1.29 is 0 Å². The number of hydrogen-bond acceptors (Lipinski definition) is 1. The van der Waals surface area contributed by atoms with Crippen LogP contribution in [-0.4, -0.2) is 4.57 Å². The van der Waals surface area contributed by atoms with E-state index in [1.807, 2.05) is 0 Å². The Labute approximate surface area is 74.4 Å². The molecule has 0 saturated heterocycles. The summed E-state index contributed by atoms with van der Waals surface area (Å²) >= 11 is 0. The molecular formula is C10H18N2. The Bertz CT molecular complexity index is 248. The first-order chi connectivity index (χ1) is 5.61. The summed E-state index contributed by atoms with van der Waals surface area (Å²) in [6, 6.07) is 4.16. The first-order valence-electron chi connectivity index (χ1n) is 4.56. The SMILES string of the molecule is CCn1cccc1C(C)(N)CC. The molecule has 0 spiro atoms. The Morgan fingerprint density at radius 1 is 1.50 bits per heavy atom. The normalized spacial score (nSPS) is 16.0. The van der Waals surface area contributed by atoms with Gasteiger partial charge >= 0.3 is 0 Å². The van der Waals surface area contributed by atoms with Crippen LogP contribution in [0.4, 0.5) is 0 Å². The van der Waals surface area contributed by atoms with Crippen molar-refractivity contribution >= 4 is 0 Å². The summed E-state index contributed by atoms with van der Waals surface area (Å²) < 4.78 is 2.20. The van der Waals surface area contributed by atoms with Gasteiger partial charge in [0.1, 0.15) is 0 Å². The minimum atomic E-state index is -0.181. The van der Waals surface area contributed by atoms with Crippen molar-refractivity contribution in [1.82, 2.24) is 4.57 Å². The lowest BCUT2D eigenvalue weighted by Crippen LogP contribution is -2.34. The van der Waals surface area contributed by atoms with Crippen LogP contribution in [0, 0.1) is 0 Å². The maximum Gasteiger partial charge on any atom is 0.0532 e. The van der Waals surface area contributed by atoms with Gasteiger partial charge < -0.3 is 10.3 Å². The molecule has 0 amide bonds. The fourth-order valence-corrected chi connectivity index (χ4v) is 1.39. The van der Waals surface area contributed by atoms with Gasteiger partial charge in [0.05, 0.1) is 5.54 Å². The molecule has 68 valence electrons. The Morgan fingerprint density at radius 2 is 2.17 bits per heavy atom. The van der Waals surface area contributed by atoms with E-state index in [1.54, 1.807) is 0 Å². The molecule has 1 unspecified atom stereocenters. The highest BCUT2D eigenvalue weighted by Crippen LogP contribution is 2.21. The maximum absolute atomic E-state index is 6.14. The summed E-state index contributed by atoms with van der Waals surface area (Å²) in [5.41, 5.74) is 7.19. The van der Waals surface area contributed by atoms with E-state index < -0.39 is 0 Å². The smallest absolute Gasteiger partial charge is 0.0532 e. The van der Waals surface area contributed by atoms with Crippen LogP contribution in [0.5, 0.6) is 0 Å². The topological polar surface area (TPSA) is 30.9 Å². The van der Waals surface area contributed by atoms with Crippen LogP contribution in [0.3, 0.4) is 0 Å². The number of rotatable bonds is 3. The van der Waals surface area contributed by atoms with Gasteiger partial charge in [0.2, 0.25) is 0 Å². The molecule has 12 heavy (non-hydrogen) atoms. The number of aromatic nitrogens is 1. The van der Waals surface area contributed by atoms with Crippen LogP contribution in [0.25, 0.3) is 0 Å². The molecule has 0 fully saturated rings. The van der Waals surface area contributed by atoms with E-state index in [0.717, 1.165) is 13.0 Å². The van der Waals surface area contributed by atoms with E-state index in [9.17, 15) is 0 Å². The van der Waals surface area contributed by atoms with Gasteiger partial charge in [-0.1, -0.05) is 6.92 Å². The second-order valence-corrected chi connectivity index (χ2v) is 3.45. The highest BCUT2D eigenvalue weighted by atomic mass is 15.0. The molecule has 0 aliphatic carbocycles. The average Bonchev–Trinajstić information content (AvgIpc) is 2.52. The van der Waals surface area contributed by atoms with Crippen LogP contribution in [0.15, 0.2) is 18.3 Å². The fourth-order valence-electron chi connectivity index (χ4n) is 1.39. The third kappa shape index (κ3) is 1.53. The fraction of sp³-hybridized carbons (Fsp3) is 0.600. The van der Waals surface area contributed by atoms with Crippen molar-refractivity contribution in [3.8, 4) is 0 Å². The van der Waals surface area contributed by atoms with Crippen molar-refractivity contribution in [1.29, 1.82) is 0 Å². The Kier molecular flexibility index (Phi) is 2.58. The molecule has 0 aromatic carbocycles. The van der Waals surface area contributed by atoms with E-state index in [-0.39, 0.29) is 5.54 Å². The Hall–Kier alpha value is -0.760. The molecule has 2 heteroatoms. The molecule has 0 aliphatic rings. The number of aryl methyl sites for hydroxylation is 1. The third-order valence-corrected chi connectivity index (χ3v) is 2.49. The maximum atomic E-state index is 6.14. The van der Waals surface area contributed by atoms with Gasteiger partial charge in [-0.05, 0) is 32.4 Å². The van der Waals surface area contributed by atoms with Crippen LogP contribution in [0.2, 0.25) is 0 Å². The molecule has 1 rings (SSSR count). The highest BCUT2D eigenvalue weighted by molar-refractivity contribution is 5.16. The van der Waals surface area contributed by atoms with Crippen molar-refractivity contribution in [2.45, 2.75) is 39.3 Å².